The van der Waals surface area contributed by atoms with Crippen molar-refractivity contribution < 1.29 is 38.6 Å². The van der Waals surface area contributed by atoms with Crippen molar-refractivity contribution in [3.05, 3.63) is 35.9 Å². The fraction of sp³-hybridized carbons (Fsp3) is 0.698. The minimum Gasteiger partial charge on any atom is -0.480 e. The molecule has 0 bridgehead atoms. The van der Waals surface area contributed by atoms with E-state index in [1.165, 1.54) is 14.2 Å². The number of methoxy groups -OCH3 is 2. The summed E-state index contributed by atoms with van der Waals surface area (Å²) >= 11 is 0. The molecule has 1 fully saturated rings. The normalized spacial score (nSPS) is 18.7. The number of aliphatic carboxylic acids is 1. The van der Waals surface area contributed by atoms with Gasteiger partial charge in [0.25, 0.3) is 0 Å². The van der Waals surface area contributed by atoms with Gasteiger partial charge in [0, 0.05) is 47.2 Å². The van der Waals surface area contributed by atoms with E-state index in [-0.39, 0.29) is 48.3 Å². The molecule has 1 aliphatic heterocycles. The molecule has 13 nitrogen and oxygen atoms in total. The summed E-state index contributed by atoms with van der Waals surface area (Å²) in [6, 6.07) is 5.72. The van der Waals surface area contributed by atoms with Gasteiger partial charge >= 0.3 is 5.97 Å². The molecule has 1 aliphatic rings. The quantitative estimate of drug-likeness (QED) is 0.140. The lowest BCUT2D eigenvalue weighted by atomic mass is 9.89. The highest BCUT2D eigenvalue weighted by Gasteiger charge is 2.43. The molecule has 0 saturated carbocycles. The zero-order valence-corrected chi connectivity index (χ0v) is 35.6. The molecule has 13 heteroatoms. The summed E-state index contributed by atoms with van der Waals surface area (Å²) in [5.74, 6) is -0.785. The number of carboxylic acid groups (broad SMARTS) is 1. The third kappa shape index (κ3) is 13.0. The molecule has 2 rings (SSSR count). The third-order valence-electron chi connectivity index (χ3n) is 11.4. The van der Waals surface area contributed by atoms with E-state index in [0.717, 1.165) is 5.56 Å². The highest BCUT2D eigenvalue weighted by atomic mass is 16.5. The molecule has 4 amide bonds. The Labute approximate surface area is 335 Å². The Morgan fingerprint density at radius 3 is 2.12 bits per heavy atom. The van der Waals surface area contributed by atoms with Crippen LogP contribution < -0.4 is 10.6 Å². The standard InChI is InChI=1S/C43H69N5O8/c1-13-15-23-46(9)37(28(5)6)41(51)45-36(27(3)4)42(52)47(10)38(29(7)14-2)34(55-11)26-35(49)48-24-19-22-33(48)39(56-12)30(8)40(50)44-32(43(53)54)25-31-20-17-16-18-21-31/h1,16-18,20-21,27-30,32-34,36-39H,14-15,19,22-26H2,2-12H3,(H,44,50)(H,45,51)(H,53,54). The van der Waals surface area contributed by atoms with Crippen molar-refractivity contribution in [1.29, 1.82) is 0 Å². The van der Waals surface area contributed by atoms with Crippen LogP contribution in [0.1, 0.15) is 86.1 Å². The molecule has 0 aromatic heterocycles. The molecule has 0 radical (unpaired) electrons. The van der Waals surface area contributed by atoms with Crippen LogP contribution in [0.2, 0.25) is 0 Å². The Hall–Kier alpha value is -3.99. The first-order chi connectivity index (χ1) is 26.4. The lowest BCUT2D eigenvalue weighted by molar-refractivity contribution is -0.148. The maximum atomic E-state index is 14.3. The van der Waals surface area contributed by atoms with Gasteiger partial charge in [-0.15, -0.1) is 12.3 Å². The fourth-order valence-electron chi connectivity index (χ4n) is 8.02. The summed E-state index contributed by atoms with van der Waals surface area (Å²) in [7, 11) is 6.59. The van der Waals surface area contributed by atoms with Gasteiger partial charge < -0.3 is 35.0 Å². The van der Waals surface area contributed by atoms with Gasteiger partial charge in [-0.1, -0.05) is 85.2 Å². The number of hydrogen-bond acceptors (Lipinski definition) is 8. The van der Waals surface area contributed by atoms with Gasteiger partial charge in [0.2, 0.25) is 23.6 Å². The van der Waals surface area contributed by atoms with Gasteiger partial charge in [-0.25, -0.2) is 4.79 Å². The number of rotatable bonds is 23. The van der Waals surface area contributed by atoms with Crippen molar-refractivity contribution in [1.82, 2.24) is 25.3 Å². The summed E-state index contributed by atoms with van der Waals surface area (Å²) in [6.45, 7) is 14.4. The lowest BCUT2D eigenvalue weighted by Crippen LogP contribution is -2.60. The largest absolute Gasteiger partial charge is 0.480 e. The maximum absolute atomic E-state index is 14.3. The number of carbonyl (C=O) groups is 5. The van der Waals surface area contributed by atoms with Crippen LogP contribution in [0, 0.1) is 36.0 Å². The van der Waals surface area contributed by atoms with Crippen LogP contribution in [-0.4, -0.2) is 133 Å². The smallest absolute Gasteiger partial charge is 0.326 e. The van der Waals surface area contributed by atoms with E-state index >= 15 is 0 Å². The molecule has 9 atom stereocenters. The van der Waals surface area contributed by atoms with Gasteiger partial charge in [0.1, 0.15) is 12.1 Å². The van der Waals surface area contributed by atoms with Gasteiger partial charge in [0.05, 0.1) is 42.7 Å². The number of amides is 4. The molecular formula is C43H69N5O8. The molecule has 314 valence electrons. The van der Waals surface area contributed by atoms with E-state index in [1.807, 2.05) is 83.8 Å². The van der Waals surface area contributed by atoms with Crippen LogP contribution in [0.4, 0.5) is 0 Å². The molecule has 1 aromatic rings. The lowest BCUT2D eigenvalue weighted by Gasteiger charge is -2.41. The number of carboxylic acids is 1. The predicted molar refractivity (Wildman–Crippen MR) is 217 cm³/mol. The van der Waals surface area contributed by atoms with E-state index < -0.39 is 60.2 Å². The van der Waals surface area contributed by atoms with Gasteiger partial charge in [-0.3, -0.25) is 24.1 Å². The first-order valence-corrected chi connectivity index (χ1v) is 20.1. The Kier molecular flexibility index (Phi) is 20.0. The summed E-state index contributed by atoms with van der Waals surface area (Å²) in [4.78, 5) is 73.2. The van der Waals surface area contributed by atoms with E-state index in [1.54, 1.807) is 23.8 Å². The Morgan fingerprint density at radius 2 is 1.61 bits per heavy atom. The van der Waals surface area contributed by atoms with E-state index in [9.17, 15) is 29.1 Å². The van der Waals surface area contributed by atoms with Gasteiger partial charge in [0.15, 0.2) is 0 Å². The average molecular weight is 784 g/mol. The van der Waals surface area contributed by atoms with Crippen molar-refractivity contribution in [3.63, 3.8) is 0 Å². The van der Waals surface area contributed by atoms with Crippen LogP contribution in [0.15, 0.2) is 30.3 Å². The molecular weight excluding hydrogens is 714 g/mol. The zero-order valence-electron chi connectivity index (χ0n) is 35.6. The minimum absolute atomic E-state index is 0.0249. The second kappa shape index (κ2) is 23.3. The van der Waals surface area contributed by atoms with Gasteiger partial charge in [-0.05, 0) is 43.2 Å². The summed E-state index contributed by atoms with van der Waals surface area (Å²) in [5, 5.41) is 15.6. The number of nitrogens with zero attached hydrogens (tertiary/aromatic N) is 3. The molecule has 3 N–H and O–H groups in total. The molecule has 1 saturated heterocycles. The second-order valence-electron chi connectivity index (χ2n) is 16.0. The number of ether oxygens (including phenoxy) is 2. The zero-order chi connectivity index (χ0) is 42.3. The number of nitrogens with one attached hydrogen (secondary N) is 2. The monoisotopic (exact) mass is 784 g/mol. The van der Waals surface area contributed by atoms with Crippen molar-refractivity contribution in [2.24, 2.45) is 23.7 Å². The highest BCUT2D eigenvalue weighted by Crippen LogP contribution is 2.30. The topological polar surface area (TPSA) is 158 Å². The van der Waals surface area contributed by atoms with Gasteiger partial charge in [-0.2, -0.15) is 0 Å². The van der Waals surface area contributed by atoms with Crippen LogP contribution in [0.25, 0.3) is 0 Å². The van der Waals surface area contributed by atoms with Crippen molar-refractivity contribution in [2.75, 3.05) is 41.4 Å². The number of benzene rings is 1. The highest BCUT2D eigenvalue weighted by molar-refractivity contribution is 5.90. The average Bonchev–Trinajstić information content (AvgIpc) is 3.65. The number of likely N-dealkylation sites (tertiary alicyclic amines) is 1. The molecule has 0 aliphatic carbocycles. The van der Waals surface area contributed by atoms with Crippen LogP contribution in [0.5, 0.6) is 0 Å². The number of terminal acetylenes is 1. The summed E-state index contributed by atoms with van der Waals surface area (Å²) < 4.78 is 11.9. The minimum atomic E-state index is -1.14. The predicted octanol–water partition coefficient (Wildman–Crippen LogP) is 3.84. The SMILES string of the molecule is C#CCCN(C)C(C(=O)NC(C(=O)N(C)C(C(C)CC)C(CC(=O)N1CCCC1C(OC)C(C)C(=O)NC(Cc1ccccc1)C(=O)O)OC)C(C)C)C(C)C. The van der Waals surface area contributed by atoms with E-state index in [0.29, 0.717) is 38.8 Å². The number of carbonyl (C=O) groups excluding carboxylic acids is 4. The van der Waals surface area contributed by atoms with Crippen molar-refractivity contribution in [2.45, 2.75) is 129 Å². The number of likely N-dealkylation sites (N-methyl/N-ethyl adjacent to an activating group) is 2. The first-order valence-electron chi connectivity index (χ1n) is 20.1. The molecule has 9 unspecified atom stereocenters. The summed E-state index contributed by atoms with van der Waals surface area (Å²) in [6.07, 6.45) is 6.72. The van der Waals surface area contributed by atoms with Crippen LogP contribution >= 0.6 is 0 Å². The van der Waals surface area contributed by atoms with Crippen molar-refractivity contribution in [3.8, 4) is 12.3 Å². The Morgan fingerprint density at radius 1 is 0.964 bits per heavy atom. The second-order valence-corrected chi connectivity index (χ2v) is 16.0. The van der Waals surface area contributed by atoms with E-state index in [4.69, 9.17) is 15.9 Å². The number of hydrogen-bond donors (Lipinski definition) is 3. The summed E-state index contributed by atoms with van der Waals surface area (Å²) in [5.41, 5.74) is 0.781. The molecule has 0 spiro atoms. The molecule has 1 aromatic carbocycles. The Balaban J connectivity index is 2.28. The van der Waals surface area contributed by atoms with Crippen LogP contribution in [0.3, 0.4) is 0 Å². The van der Waals surface area contributed by atoms with E-state index in [2.05, 4.69) is 16.6 Å². The Bertz CT molecular complexity index is 1470. The third-order valence-corrected chi connectivity index (χ3v) is 11.4. The molecule has 56 heavy (non-hydrogen) atoms. The maximum Gasteiger partial charge on any atom is 0.326 e. The first kappa shape index (κ1) is 48.2. The molecule has 1 heterocycles. The van der Waals surface area contributed by atoms with Crippen molar-refractivity contribution >= 4 is 29.6 Å². The fourth-order valence-corrected chi connectivity index (χ4v) is 8.02. The van der Waals surface area contributed by atoms with Crippen LogP contribution in [-0.2, 0) is 39.9 Å².